The normalized spacial score (nSPS) is 13.9. The predicted molar refractivity (Wildman–Crippen MR) is 73.5 cm³/mol. The number of likely N-dealkylation sites (N-methyl/N-ethyl adjacent to an activating group) is 1. The molecule has 96 valence electrons. The summed E-state index contributed by atoms with van der Waals surface area (Å²) in [5.41, 5.74) is 5.58. The molecular weight excluding hydrogens is 210 g/mol. The number of aliphatic hydroxyl groups is 1. The van der Waals surface area contributed by atoms with Crippen LogP contribution in [0.2, 0.25) is 0 Å². The monoisotopic (exact) mass is 235 g/mol. The lowest BCUT2D eigenvalue weighted by atomic mass is 9.83. The summed E-state index contributed by atoms with van der Waals surface area (Å²) in [6.45, 7) is 12.2. The minimum atomic E-state index is -0.773. The molecule has 1 unspecified atom stereocenters. The van der Waals surface area contributed by atoms with Crippen molar-refractivity contribution in [3.05, 3.63) is 33.9 Å². The maximum Gasteiger partial charge on any atom is 0.0785 e. The molecule has 17 heavy (non-hydrogen) atoms. The van der Waals surface area contributed by atoms with Crippen LogP contribution in [0.5, 0.6) is 0 Å². The minimum Gasteiger partial charge on any atom is -0.388 e. The molecule has 1 aromatic rings. The first-order valence-electron chi connectivity index (χ1n) is 6.17. The second-order valence-electron chi connectivity index (χ2n) is 5.55. The molecule has 0 saturated carbocycles. The first-order chi connectivity index (χ1) is 7.70. The van der Waals surface area contributed by atoms with Gasteiger partial charge in [0.2, 0.25) is 0 Å². The third kappa shape index (κ3) is 2.70. The van der Waals surface area contributed by atoms with Gasteiger partial charge in [0.25, 0.3) is 0 Å². The van der Waals surface area contributed by atoms with Gasteiger partial charge in [-0.15, -0.1) is 0 Å². The van der Waals surface area contributed by atoms with Crippen LogP contribution in [0.15, 0.2) is 6.07 Å². The van der Waals surface area contributed by atoms with E-state index in [0.29, 0.717) is 0 Å². The van der Waals surface area contributed by atoms with Crippen LogP contribution in [0.4, 0.5) is 0 Å². The number of hydrogen-bond donors (Lipinski definition) is 2. The van der Waals surface area contributed by atoms with Gasteiger partial charge in [0, 0.05) is 0 Å². The lowest BCUT2D eigenvalue weighted by Gasteiger charge is -2.33. The summed E-state index contributed by atoms with van der Waals surface area (Å²) >= 11 is 0. The van der Waals surface area contributed by atoms with Crippen LogP contribution in [0.25, 0.3) is 0 Å². The standard InChI is InChI=1S/C15H25NO/c1-9-8-10(2)12(4)13(11(9)3)14(16-7)15(5,6)17/h8,14,16-17H,1-7H3. The van der Waals surface area contributed by atoms with Gasteiger partial charge in [0.15, 0.2) is 0 Å². The maximum atomic E-state index is 10.3. The van der Waals surface area contributed by atoms with E-state index in [0.717, 1.165) is 0 Å². The fourth-order valence-electron chi connectivity index (χ4n) is 2.53. The summed E-state index contributed by atoms with van der Waals surface area (Å²) in [5, 5.41) is 13.5. The van der Waals surface area contributed by atoms with Crippen molar-refractivity contribution >= 4 is 0 Å². The highest BCUT2D eigenvalue weighted by atomic mass is 16.3. The van der Waals surface area contributed by atoms with E-state index < -0.39 is 5.60 Å². The SMILES string of the molecule is CNC(c1c(C)c(C)cc(C)c1C)C(C)(C)O. The van der Waals surface area contributed by atoms with E-state index in [-0.39, 0.29) is 6.04 Å². The fraction of sp³-hybridized carbons (Fsp3) is 0.600. The van der Waals surface area contributed by atoms with Gasteiger partial charge in [0.05, 0.1) is 11.6 Å². The van der Waals surface area contributed by atoms with Crippen molar-refractivity contribution in [3.63, 3.8) is 0 Å². The molecule has 0 aliphatic rings. The van der Waals surface area contributed by atoms with Crippen molar-refractivity contribution in [2.45, 2.75) is 53.2 Å². The molecule has 0 aliphatic carbocycles. The first-order valence-corrected chi connectivity index (χ1v) is 6.17. The van der Waals surface area contributed by atoms with Crippen molar-refractivity contribution in [2.75, 3.05) is 7.05 Å². The maximum absolute atomic E-state index is 10.3. The zero-order chi connectivity index (χ0) is 13.4. The topological polar surface area (TPSA) is 32.3 Å². The number of nitrogens with one attached hydrogen (secondary N) is 1. The molecule has 1 aromatic carbocycles. The van der Waals surface area contributed by atoms with Gasteiger partial charge in [-0.1, -0.05) is 6.07 Å². The van der Waals surface area contributed by atoms with Gasteiger partial charge >= 0.3 is 0 Å². The van der Waals surface area contributed by atoms with Crippen molar-refractivity contribution < 1.29 is 5.11 Å². The van der Waals surface area contributed by atoms with Gasteiger partial charge in [-0.3, -0.25) is 0 Å². The molecular formula is C15H25NO. The molecule has 1 atom stereocenters. The third-order valence-corrected chi connectivity index (χ3v) is 3.71. The van der Waals surface area contributed by atoms with E-state index in [1.165, 1.54) is 27.8 Å². The van der Waals surface area contributed by atoms with Crippen LogP contribution in [-0.4, -0.2) is 17.8 Å². The van der Waals surface area contributed by atoms with Crippen LogP contribution in [0.1, 0.15) is 47.7 Å². The van der Waals surface area contributed by atoms with E-state index in [9.17, 15) is 5.11 Å². The smallest absolute Gasteiger partial charge is 0.0785 e. The largest absolute Gasteiger partial charge is 0.388 e. The summed E-state index contributed by atoms with van der Waals surface area (Å²) in [6, 6.07) is 2.17. The van der Waals surface area contributed by atoms with Crippen molar-refractivity contribution in [1.29, 1.82) is 0 Å². The quantitative estimate of drug-likeness (QED) is 0.844. The van der Waals surface area contributed by atoms with Gasteiger partial charge < -0.3 is 10.4 Å². The van der Waals surface area contributed by atoms with Crippen LogP contribution in [0, 0.1) is 27.7 Å². The highest BCUT2D eigenvalue weighted by molar-refractivity contribution is 5.46. The third-order valence-electron chi connectivity index (χ3n) is 3.71. The highest BCUT2D eigenvalue weighted by Gasteiger charge is 2.30. The highest BCUT2D eigenvalue weighted by Crippen LogP contribution is 2.33. The summed E-state index contributed by atoms with van der Waals surface area (Å²) in [6.07, 6.45) is 0. The number of hydrogen-bond acceptors (Lipinski definition) is 2. The molecule has 0 aliphatic heterocycles. The lowest BCUT2D eigenvalue weighted by molar-refractivity contribution is 0.0395. The van der Waals surface area contributed by atoms with Crippen LogP contribution in [0.3, 0.4) is 0 Å². The Kier molecular flexibility index (Phi) is 4.00. The van der Waals surface area contributed by atoms with E-state index in [2.05, 4.69) is 39.1 Å². The zero-order valence-electron chi connectivity index (χ0n) is 12.1. The van der Waals surface area contributed by atoms with E-state index in [1.54, 1.807) is 0 Å². The van der Waals surface area contributed by atoms with E-state index >= 15 is 0 Å². The molecule has 0 aromatic heterocycles. The molecule has 2 N–H and O–H groups in total. The van der Waals surface area contributed by atoms with Crippen LogP contribution in [-0.2, 0) is 0 Å². The Morgan fingerprint density at radius 3 is 1.76 bits per heavy atom. The number of rotatable bonds is 3. The Bertz CT molecular complexity index is 390. The van der Waals surface area contributed by atoms with Crippen molar-refractivity contribution in [3.8, 4) is 0 Å². The van der Waals surface area contributed by atoms with Crippen molar-refractivity contribution in [1.82, 2.24) is 5.32 Å². The van der Waals surface area contributed by atoms with E-state index in [4.69, 9.17) is 0 Å². The Morgan fingerprint density at radius 1 is 1.06 bits per heavy atom. The van der Waals surface area contributed by atoms with Crippen LogP contribution >= 0.6 is 0 Å². The van der Waals surface area contributed by atoms with E-state index in [1.807, 2.05) is 20.9 Å². The van der Waals surface area contributed by atoms with Gasteiger partial charge in [-0.05, 0) is 76.4 Å². The molecule has 1 rings (SSSR count). The Balaban J connectivity index is 3.48. The Labute approximate surface area is 105 Å². The fourth-order valence-corrected chi connectivity index (χ4v) is 2.53. The molecule has 0 fully saturated rings. The average molecular weight is 235 g/mol. The summed E-state index contributed by atoms with van der Waals surface area (Å²) in [7, 11) is 1.90. The van der Waals surface area contributed by atoms with Gasteiger partial charge in [-0.25, -0.2) is 0 Å². The number of aryl methyl sites for hydroxylation is 2. The second kappa shape index (κ2) is 4.79. The average Bonchev–Trinajstić information content (AvgIpc) is 2.19. The Morgan fingerprint density at radius 2 is 1.47 bits per heavy atom. The van der Waals surface area contributed by atoms with Gasteiger partial charge in [0.1, 0.15) is 0 Å². The second-order valence-corrected chi connectivity index (χ2v) is 5.55. The van der Waals surface area contributed by atoms with Crippen molar-refractivity contribution in [2.24, 2.45) is 0 Å². The lowest BCUT2D eigenvalue weighted by Crippen LogP contribution is -2.38. The number of benzene rings is 1. The summed E-state index contributed by atoms with van der Waals surface area (Å²) < 4.78 is 0. The minimum absolute atomic E-state index is 0.0406. The molecule has 2 nitrogen and oxygen atoms in total. The van der Waals surface area contributed by atoms with Gasteiger partial charge in [-0.2, -0.15) is 0 Å². The Hall–Kier alpha value is -0.860. The molecule has 0 spiro atoms. The molecule has 0 bridgehead atoms. The predicted octanol–water partition coefficient (Wildman–Crippen LogP) is 2.95. The zero-order valence-corrected chi connectivity index (χ0v) is 12.1. The first kappa shape index (κ1) is 14.2. The molecule has 0 heterocycles. The van der Waals surface area contributed by atoms with Crippen LogP contribution < -0.4 is 5.32 Å². The molecule has 0 amide bonds. The molecule has 0 saturated heterocycles. The summed E-state index contributed by atoms with van der Waals surface area (Å²) in [4.78, 5) is 0. The summed E-state index contributed by atoms with van der Waals surface area (Å²) in [5.74, 6) is 0. The molecule has 0 radical (unpaired) electrons. The molecule has 2 heteroatoms.